The lowest BCUT2D eigenvalue weighted by molar-refractivity contribution is -0.116. The summed E-state index contributed by atoms with van der Waals surface area (Å²) < 4.78 is 51.8. The van der Waals surface area contributed by atoms with Gasteiger partial charge in [0.1, 0.15) is 9.10 Å². The number of anilines is 1. The number of thiophene rings is 1. The molecule has 0 unspecified atom stereocenters. The summed E-state index contributed by atoms with van der Waals surface area (Å²) >= 11 is 6.65. The van der Waals surface area contributed by atoms with E-state index in [0.29, 0.717) is 4.34 Å². The second-order valence-electron chi connectivity index (χ2n) is 5.65. The van der Waals surface area contributed by atoms with Crippen molar-refractivity contribution >= 4 is 54.6 Å². The summed E-state index contributed by atoms with van der Waals surface area (Å²) in [6.45, 7) is -0.492. The second-order valence-corrected chi connectivity index (χ2v) is 11.8. The van der Waals surface area contributed by atoms with Gasteiger partial charge >= 0.3 is 0 Å². The maximum absolute atomic E-state index is 12.4. The summed E-state index contributed by atoms with van der Waals surface area (Å²) in [5, 5.41) is 2.46. The van der Waals surface area contributed by atoms with Gasteiger partial charge in [0, 0.05) is 21.1 Å². The molecule has 0 radical (unpaired) electrons. The van der Waals surface area contributed by atoms with Gasteiger partial charge in [0.05, 0.1) is 16.6 Å². The maximum atomic E-state index is 12.4. The van der Waals surface area contributed by atoms with E-state index in [0.717, 1.165) is 19.9 Å². The molecule has 0 fully saturated rings. The van der Waals surface area contributed by atoms with Crippen LogP contribution in [0.5, 0.6) is 0 Å². The van der Waals surface area contributed by atoms with Crippen LogP contribution >= 0.6 is 22.9 Å². The van der Waals surface area contributed by atoms with Gasteiger partial charge in [-0.25, -0.2) is 21.1 Å². The Balaban J connectivity index is 2.20. The second kappa shape index (κ2) is 8.25. The molecule has 8 nitrogen and oxygen atoms in total. The molecule has 2 aromatic rings. The fourth-order valence-corrected chi connectivity index (χ4v) is 5.92. The lowest BCUT2D eigenvalue weighted by Crippen LogP contribution is -2.35. The number of carbonyl (C=O) groups is 1. The highest BCUT2D eigenvalue weighted by Gasteiger charge is 2.26. The fourth-order valence-electron chi connectivity index (χ4n) is 2.06. The predicted molar refractivity (Wildman–Crippen MR) is 105 cm³/mol. The van der Waals surface area contributed by atoms with Crippen LogP contribution < -0.4 is 5.32 Å². The van der Waals surface area contributed by atoms with Crippen LogP contribution in [-0.2, 0) is 24.8 Å². The summed E-state index contributed by atoms with van der Waals surface area (Å²) in [4.78, 5) is 12.2. The van der Waals surface area contributed by atoms with E-state index in [2.05, 4.69) is 5.32 Å². The van der Waals surface area contributed by atoms with E-state index in [4.69, 9.17) is 11.6 Å². The first-order valence-corrected chi connectivity index (χ1v) is 11.6. The highest BCUT2D eigenvalue weighted by molar-refractivity contribution is 7.91. The molecular formula is C15H18ClN3O5S3. The van der Waals surface area contributed by atoms with Crippen LogP contribution in [0, 0.1) is 0 Å². The first kappa shape index (κ1) is 21.8. The van der Waals surface area contributed by atoms with Crippen molar-refractivity contribution in [1.82, 2.24) is 8.61 Å². The molecule has 12 heteroatoms. The standard InChI is InChI=1S/C15H18ClN3O5S3/c1-18(2)26(21,22)12-7-5-4-6-11(12)17-14(20)10-19(3)27(23,24)15-9-8-13(16)25-15/h4-9H,10H2,1-3H3,(H,17,20). The number of nitrogens with one attached hydrogen (secondary N) is 1. The van der Waals surface area contributed by atoms with Crippen molar-refractivity contribution in [2.24, 2.45) is 0 Å². The van der Waals surface area contributed by atoms with Crippen molar-refractivity contribution in [2.45, 2.75) is 9.10 Å². The van der Waals surface area contributed by atoms with Crippen molar-refractivity contribution in [3.63, 3.8) is 0 Å². The van der Waals surface area contributed by atoms with E-state index in [1.165, 1.54) is 51.5 Å². The average Bonchev–Trinajstić information content (AvgIpc) is 3.02. The smallest absolute Gasteiger partial charge is 0.252 e. The number of para-hydroxylation sites is 1. The number of rotatable bonds is 7. The summed E-state index contributed by atoms with van der Waals surface area (Å²) in [5.74, 6) is -0.676. The Bertz CT molecular complexity index is 1050. The molecule has 1 N–H and O–H groups in total. The van der Waals surface area contributed by atoms with Gasteiger partial charge in [0.2, 0.25) is 15.9 Å². The number of carbonyl (C=O) groups excluding carboxylic acids is 1. The molecule has 0 spiro atoms. The predicted octanol–water partition coefficient (Wildman–Crippen LogP) is 1.91. The molecule has 2 rings (SSSR count). The molecule has 0 bridgehead atoms. The molecule has 0 aliphatic heterocycles. The first-order valence-electron chi connectivity index (χ1n) is 7.49. The molecule has 0 aliphatic rings. The van der Waals surface area contributed by atoms with Gasteiger partial charge < -0.3 is 5.32 Å². The van der Waals surface area contributed by atoms with E-state index in [1.807, 2.05) is 0 Å². The monoisotopic (exact) mass is 451 g/mol. The van der Waals surface area contributed by atoms with Crippen LogP contribution in [0.1, 0.15) is 0 Å². The number of amides is 1. The Hall–Kier alpha value is -1.50. The summed E-state index contributed by atoms with van der Waals surface area (Å²) in [6, 6.07) is 8.70. The van der Waals surface area contributed by atoms with Crippen LogP contribution in [-0.4, -0.2) is 59.0 Å². The normalized spacial score (nSPS) is 12.5. The van der Waals surface area contributed by atoms with Gasteiger partial charge in [-0.3, -0.25) is 4.79 Å². The zero-order valence-corrected chi connectivity index (χ0v) is 17.9. The molecule has 1 aromatic heterocycles. The fraction of sp³-hybridized carbons (Fsp3) is 0.267. The van der Waals surface area contributed by atoms with Crippen molar-refractivity contribution in [1.29, 1.82) is 0 Å². The Labute approximate surface area is 167 Å². The topological polar surface area (TPSA) is 104 Å². The number of benzene rings is 1. The lowest BCUT2D eigenvalue weighted by Gasteiger charge is -2.18. The van der Waals surface area contributed by atoms with Gasteiger partial charge in [-0.15, -0.1) is 11.3 Å². The minimum Gasteiger partial charge on any atom is -0.324 e. The number of likely N-dealkylation sites (N-methyl/N-ethyl adjacent to an activating group) is 1. The Morgan fingerprint density at radius 3 is 2.22 bits per heavy atom. The molecule has 27 heavy (non-hydrogen) atoms. The average molecular weight is 452 g/mol. The number of nitrogens with zero attached hydrogens (tertiary/aromatic N) is 2. The molecule has 1 aromatic carbocycles. The summed E-state index contributed by atoms with van der Waals surface area (Å²) in [7, 11) is -3.65. The zero-order valence-electron chi connectivity index (χ0n) is 14.7. The zero-order chi connectivity index (χ0) is 20.4. The highest BCUT2D eigenvalue weighted by atomic mass is 35.5. The molecule has 0 saturated carbocycles. The third-order valence-electron chi connectivity index (χ3n) is 3.50. The Morgan fingerprint density at radius 1 is 1.04 bits per heavy atom. The van der Waals surface area contributed by atoms with Gasteiger partial charge in [0.15, 0.2) is 0 Å². The molecule has 1 amide bonds. The SMILES string of the molecule is CN(C)S(=O)(=O)c1ccccc1NC(=O)CN(C)S(=O)(=O)c1ccc(Cl)s1. The van der Waals surface area contributed by atoms with Crippen LogP contribution in [0.4, 0.5) is 5.69 Å². The summed E-state index contributed by atoms with van der Waals surface area (Å²) in [6.07, 6.45) is 0. The third kappa shape index (κ3) is 4.86. The molecule has 0 saturated heterocycles. The van der Waals surface area contributed by atoms with E-state index in [1.54, 1.807) is 6.07 Å². The van der Waals surface area contributed by atoms with Crippen LogP contribution in [0.25, 0.3) is 0 Å². The largest absolute Gasteiger partial charge is 0.324 e. The minimum absolute atomic E-state index is 0.0124. The van der Waals surface area contributed by atoms with E-state index >= 15 is 0 Å². The van der Waals surface area contributed by atoms with Gasteiger partial charge in [-0.2, -0.15) is 4.31 Å². The van der Waals surface area contributed by atoms with Gasteiger partial charge in [-0.1, -0.05) is 23.7 Å². The quantitative estimate of drug-likeness (QED) is 0.692. The van der Waals surface area contributed by atoms with Crippen LogP contribution in [0.3, 0.4) is 0 Å². The maximum Gasteiger partial charge on any atom is 0.252 e. The number of hydrogen-bond acceptors (Lipinski definition) is 6. The number of hydrogen-bond donors (Lipinski definition) is 1. The number of halogens is 1. The minimum atomic E-state index is -3.88. The van der Waals surface area contributed by atoms with Crippen molar-refractivity contribution in [3.8, 4) is 0 Å². The van der Waals surface area contributed by atoms with E-state index < -0.39 is 32.5 Å². The molecular weight excluding hydrogens is 434 g/mol. The molecule has 0 atom stereocenters. The first-order chi connectivity index (χ1) is 12.5. The Kier molecular flexibility index (Phi) is 6.66. The molecule has 0 aliphatic carbocycles. The molecule has 148 valence electrons. The van der Waals surface area contributed by atoms with Crippen molar-refractivity contribution in [3.05, 3.63) is 40.7 Å². The highest BCUT2D eigenvalue weighted by Crippen LogP contribution is 2.28. The van der Waals surface area contributed by atoms with Crippen LogP contribution in [0.15, 0.2) is 45.5 Å². The summed E-state index contributed by atoms with van der Waals surface area (Å²) in [5.41, 5.74) is 0.0705. The van der Waals surface area contributed by atoms with Crippen LogP contribution in [0.2, 0.25) is 4.34 Å². The number of sulfonamides is 2. The van der Waals surface area contributed by atoms with Gasteiger partial charge in [-0.05, 0) is 24.3 Å². The third-order valence-corrected chi connectivity index (χ3v) is 8.87. The lowest BCUT2D eigenvalue weighted by atomic mass is 10.3. The molecule has 1 heterocycles. The van der Waals surface area contributed by atoms with Crippen molar-refractivity contribution in [2.75, 3.05) is 33.0 Å². The van der Waals surface area contributed by atoms with Crippen molar-refractivity contribution < 1.29 is 21.6 Å². The van der Waals surface area contributed by atoms with E-state index in [9.17, 15) is 21.6 Å². The van der Waals surface area contributed by atoms with E-state index in [-0.39, 0.29) is 14.8 Å². The van der Waals surface area contributed by atoms with Gasteiger partial charge in [0.25, 0.3) is 10.0 Å². The Morgan fingerprint density at radius 2 is 1.67 bits per heavy atom.